The molecule has 4 rings (SSSR count). The molecule has 192 valence electrons. The van der Waals surface area contributed by atoms with Crippen LogP contribution in [0.5, 0.6) is 0 Å². The molecule has 0 spiro atoms. The first kappa shape index (κ1) is 26.5. The predicted molar refractivity (Wildman–Crippen MR) is 148 cm³/mol. The number of carbonyl (C=O) groups is 2. The second kappa shape index (κ2) is 12.1. The molecule has 0 radical (unpaired) electrons. The highest BCUT2D eigenvalue weighted by molar-refractivity contribution is 7.42. The lowest BCUT2D eigenvalue weighted by molar-refractivity contribution is -0.142. The maximum Gasteiger partial charge on any atom is 0.433 e. The van der Waals surface area contributed by atoms with Gasteiger partial charge in [-0.1, -0.05) is 84.2 Å². The standard InChI is InChI=1S/C29H32N3O4P/c1-19(2)15-26(32-37(36)14-13-20-11-12-21-7-3-4-8-22(21)16-20)28(33)31-27(29(34)35)17-23-18-30-25-10-6-5-9-24(23)25/h3-12,16,18-19,26-27,30H,13-15,17H2,1-2H3,(H2-,31,32,33,34,35,36)/p+1/t26-,27-/m0/s1. The number of rotatable bonds is 12. The van der Waals surface area contributed by atoms with Crippen molar-refractivity contribution in [3.63, 3.8) is 0 Å². The van der Waals surface area contributed by atoms with Crippen LogP contribution in [0, 0.1) is 5.92 Å². The number of hydrogen-bond donors (Lipinski definition) is 4. The molecule has 7 nitrogen and oxygen atoms in total. The van der Waals surface area contributed by atoms with Crippen molar-refractivity contribution in [1.29, 1.82) is 0 Å². The first-order valence-electron chi connectivity index (χ1n) is 12.6. The maximum atomic E-state index is 13.2. The number of H-pyrrole nitrogens is 1. The summed E-state index contributed by atoms with van der Waals surface area (Å²) in [7, 11) is -1.87. The molecule has 0 saturated heterocycles. The third-order valence-corrected chi connectivity index (χ3v) is 7.68. The number of aromatic amines is 1. The van der Waals surface area contributed by atoms with Gasteiger partial charge in [-0.25, -0.2) is 4.79 Å². The van der Waals surface area contributed by atoms with Gasteiger partial charge in [0.15, 0.2) is 6.16 Å². The van der Waals surface area contributed by atoms with Crippen molar-refractivity contribution in [2.45, 2.75) is 45.2 Å². The van der Waals surface area contributed by atoms with Gasteiger partial charge in [-0.15, -0.1) is 0 Å². The number of aryl methyl sites for hydroxylation is 1. The SMILES string of the molecule is CC(C)C[C@H](N[P+](=O)CCc1ccc2ccccc2c1)C(=O)N[C@@H](Cc1c[nH]c2ccccc12)C(=O)O. The Morgan fingerprint density at radius 2 is 1.70 bits per heavy atom. The van der Waals surface area contributed by atoms with Crippen LogP contribution in [-0.4, -0.2) is 40.2 Å². The first-order chi connectivity index (χ1) is 17.8. The first-order valence-corrected chi connectivity index (χ1v) is 14.0. The number of carbonyl (C=O) groups excluding carboxylic acids is 1. The van der Waals surface area contributed by atoms with Gasteiger partial charge in [-0.2, -0.15) is 0 Å². The van der Waals surface area contributed by atoms with Gasteiger partial charge in [0.2, 0.25) is 5.91 Å². The van der Waals surface area contributed by atoms with Crippen LogP contribution >= 0.6 is 7.95 Å². The molecule has 1 aromatic heterocycles. The van der Waals surface area contributed by atoms with Gasteiger partial charge >= 0.3 is 13.9 Å². The average molecular weight is 519 g/mol. The summed E-state index contributed by atoms with van der Waals surface area (Å²) >= 11 is 0. The Bertz CT molecular complexity index is 1410. The predicted octanol–water partition coefficient (Wildman–Crippen LogP) is 5.42. The number of fused-ring (bicyclic) bond motifs is 2. The van der Waals surface area contributed by atoms with E-state index in [0.29, 0.717) is 19.0 Å². The zero-order chi connectivity index (χ0) is 26.4. The van der Waals surface area contributed by atoms with E-state index in [4.69, 9.17) is 0 Å². The fraction of sp³-hybridized carbons (Fsp3) is 0.310. The third kappa shape index (κ3) is 7.03. The molecule has 1 heterocycles. The van der Waals surface area contributed by atoms with E-state index in [1.165, 1.54) is 0 Å². The van der Waals surface area contributed by atoms with Crippen LogP contribution in [0.25, 0.3) is 21.7 Å². The summed E-state index contributed by atoms with van der Waals surface area (Å²) in [5.41, 5.74) is 2.81. The number of nitrogens with one attached hydrogen (secondary N) is 3. The smallest absolute Gasteiger partial charge is 0.433 e. The zero-order valence-electron chi connectivity index (χ0n) is 21.1. The minimum absolute atomic E-state index is 0.146. The molecule has 0 aliphatic rings. The van der Waals surface area contributed by atoms with E-state index in [1.807, 2.05) is 56.3 Å². The Labute approximate surface area is 217 Å². The highest BCUT2D eigenvalue weighted by Gasteiger charge is 2.31. The van der Waals surface area contributed by atoms with Crippen LogP contribution in [0.15, 0.2) is 72.9 Å². The van der Waals surface area contributed by atoms with Gasteiger partial charge in [0.05, 0.1) is 0 Å². The van der Waals surface area contributed by atoms with Crippen molar-refractivity contribution in [3.05, 3.63) is 84.1 Å². The maximum absolute atomic E-state index is 13.2. The van der Waals surface area contributed by atoms with Gasteiger partial charge in [-0.05, 0) is 40.3 Å². The van der Waals surface area contributed by atoms with E-state index in [2.05, 4.69) is 39.7 Å². The Morgan fingerprint density at radius 3 is 2.46 bits per heavy atom. The van der Waals surface area contributed by atoms with Gasteiger partial charge in [0.1, 0.15) is 12.1 Å². The monoisotopic (exact) mass is 518 g/mol. The molecule has 8 heteroatoms. The average Bonchev–Trinajstić information content (AvgIpc) is 3.29. The van der Waals surface area contributed by atoms with E-state index in [1.54, 1.807) is 6.20 Å². The highest BCUT2D eigenvalue weighted by Crippen LogP contribution is 2.23. The van der Waals surface area contributed by atoms with Crippen molar-refractivity contribution in [3.8, 4) is 0 Å². The summed E-state index contributed by atoms with van der Waals surface area (Å²) in [5.74, 6) is -1.40. The molecule has 0 aliphatic carbocycles. The van der Waals surface area contributed by atoms with Gasteiger partial charge in [0, 0.05) is 29.9 Å². The number of benzene rings is 3. The number of aliphatic carboxylic acids is 1. The normalized spacial score (nSPS) is 13.5. The fourth-order valence-corrected chi connectivity index (χ4v) is 5.71. The highest BCUT2D eigenvalue weighted by atomic mass is 31.1. The summed E-state index contributed by atoms with van der Waals surface area (Å²) in [5, 5.41) is 18.7. The van der Waals surface area contributed by atoms with E-state index < -0.39 is 31.9 Å². The molecule has 0 fully saturated rings. The second-order valence-corrected chi connectivity index (χ2v) is 11.3. The van der Waals surface area contributed by atoms with Crippen molar-refractivity contribution in [2.24, 2.45) is 5.92 Å². The summed E-state index contributed by atoms with van der Waals surface area (Å²) in [6.45, 7) is 3.95. The molecule has 37 heavy (non-hydrogen) atoms. The van der Waals surface area contributed by atoms with Gasteiger partial charge < -0.3 is 15.4 Å². The molecular formula is C29H33N3O4P+. The van der Waals surface area contributed by atoms with Crippen molar-refractivity contribution < 1.29 is 19.3 Å². The Morgan fingerprint density at radius 1 is 0.973 bits per heavy atom. The van der Waals surface area contributed by atoms with Gasteiger partial charge in [0.25, 0.3) is 0 Å². The second-order valence-electron chi connectivity index (χ2n) is 9.81. The van der Waals surface area contributed by atoms with Crippen LogP contribution < -0.4 is 10.4 Å². The number of amides is 1. The summed E-state index contributed by atoms with van der Waals surface area (Å²) in [6, 6.07) is 20.1. The number of aromatic nitrogens is 1. The lowest BCUT2D eigenvalue weighted by Gasteiger charge is -2.19. The lowest BCUT2D eigenvalue weighted by Crippen LogP contribution is -2.50. The van der Waals surface area contributed by atoms with Crippen LogP contribution in [0.1, 0.15) is 31.4 Å². The Hall–Kier alpha value is -3.54. The van der Waals surface area contributed by atoms with E-state index in [9.17, 15) is 19.3 Å². The van der Waals surface area contributed by atoms with E-state index in [-0.39, 0.29) is 12.3 Å². The van der Waals surface area contributed by atoms with Crippen molar-refractivity contribution in [1.82, 2.24) is 15.4 Å². The molecular weight excluding hydrogens is 485 g/mol. The topological polar surface area (TPSA) is 111 Å². The number of hydrogen-bond acceptors (Lipinski definition) is 3. The van der Waals surface area contributed by atoms with Crippen molar-refractivity contribution >= 4 is 41.5 Å². The summed E-state index contributed by atoms with van der Waals surface area (Å²) in [4.78, 5) is 28.3. The lowest BCUT2D eigenvalue weighted by atomic mass is 10.0. The van der Waals surface area contributed by atoms with E-state index in [0.717, 1.165) is 32.8 Å². The molecule has 4 aromatic rings. The van der Waals surface area contributed by atoms with Crippen LogP contribution in [-0.2, 0) is 27.0 Å². The largest absolute Gasteiger partial charge is 0.480 e. The number of carboxylic acid groups (broad SMARTS) is 1. The minimum Gasteiger partial charge on any atom is -0.480 e. The number of para-hydroxylation sites is 1. The summed E-state index contributed by atoms with van der Waals surface area (Å²) < 4.78 is 12.9. The van der Waals surface area contributed by atoms with Crippen molar-refractivity contribution in [2.75, 3.05) is 6.16 Å². The molecule has 1 amide bonds. The molecule has 1 unspecified atom stereocenters. The number of carboxylic acids is 1. The quantitative estimate of drug-likeness (QED) is 0.187. The molecule has 4 N–H and O–H groups in total. The molecule has 0 aliphatic heterocycles. The van der Waals surface area contributed by atoms with Gasteiger partial charge in [-0.3, -0.25) is 4.79 Å². The molecule has 0 saturated carbocycles. The Balaban J connectivity index is 1.39. The van der Waals surface area contributed by atoms with Crippen LogP contribution in [0.2, 0.25) is 0 Å². The van der Waals surface area contributed by atoms with E-state index >= 15 is 0 Å². The summed E-state index contributed by atoms with van der Waals surface area (Å²) in [6.07, 6.45) is 3.37. The molecule has 3 atom stereocenters. The minimum atomic E-state index is -1.87. The van der Waals surface area contributed by atoms with Crippen LogP contribution in [0.4, 0.5) is 0 Å². The molecule has 3 aromatic carbocycles. The Kier molecular flexibility index (Phi) is 8.70. The zero-order valence-corrected chi connectivity index (χ0v) is 22.0. The third-order valence-electron chi connectivity index (χ3n) is 6.45. The fourth-order valence-electron chi connectivity index (χ4n) is 4.55. The molecule has 0 bridgehead atoms. The van der Waals surface area contributed by atoms with Crippen LogP contribution in [0.3, 0.4) is 0 Å².